The van der Waals surface area contributed by atoms with E-state index in [1.165, 1.54) is 0 Å². The number of carboxylic acid groups (broad SMARTS) is 1. The zero-order chi connectivity index (χ0) is 12.5. The van der Waals surface area contributed by atoms with Gasteiger partial charge in [-0.2, -0.15) is 0 Å². The van der Waals surface area contributed by atoms with Gasteiger partial charge in [0.15, 0.2) is 0 Å². The SMILES string of the molecule is O=C(O)C1CCN(c2ncnc3ccsc23)CC1. The number of aliphatic carboxylic acids is 1. The van der Waals surface area contributed by atoms with Crippen LogP contribution >= 0.6 is 11.3 Å². The molecule has 0 unspecified atom stereocenters. The van der Waals surface area contributed by atoms with Gasteiger partial charge in [0.05, 0.1) is 16.1 Å². The normalized spacial score (nSPS) is 17.2. The smallest absolute Gasteiger partial charge is 0.306 e. The standard InChI is InChI=1S/C12H13N3O2S/c16-12(17)8-1-4-15(5-2-8)11-10-9(3-6-18-10)13-7-14-11/h3,6-8H,1-2,4-5H2,(H,16,17). The van der Waals surface area contributed by atoms with E-state index < -0.39 is 5.97 Å². The van der Waals surface area contributed by atoms with E-state index in [0.29, 0.717) is 12.8 Å². The van der Waals surface area contributed by atoms with Crippen LogP contribution in [0.3, 0.4) is 0 Å². The summed E-state index contributed by atoms with van der Waals surface area (Å²) in [6.07, 6.45) is 2.95. The highest BCUT2D eigenvalue weighted by molar-refractivity contribution is 7.17. The number of carboxylic acids is 1. The lowest BCUT2D eigenvalue weighted by Crippen LogP contribution is -2.36. The van der Waals surface area contributed by atoms with Gasteiger partial charge < -0.3 is 10.0 Å². The second-order valence-electron chi connectivity index (χ2n) is 4.43. The van der Waals surface area contributed by atoms with Gasteiger partial charge in [0.25, 0.3) is 0 Å². The van der Waals surface area contributed by atoms with Gasteiger partial charge in [-0.05, 0) is 24.3 Å². The van der Waals surface area contributed by atoms with Gasteiger partial charge in [0.2, 0.25) is 0 Å². The van der Waals surface area contributed by atoms with Crippen LogP contribution in [0.4, 0.5) is 5.82 Å². The molecule has 18 heavy (non-hydrogen) atoms. The van der Waals surface area contributed by atoms with E-state index in [1.807, 2.05) is 11.4 Å². The van der Waals surface area contributed by atoms with Crippen molar-refractivity contribution in [2.75, 3.05) is 18.0 Å². The molecule has 0 radical (unpaired) electrons. The van der Waals surface area contributed by atoms with Gasteiger partial charge in [0.1, 0.15) is 12.1 Å². The molecular formula is C12H13N3O2S. The Morgan fingerprint density at radius 3 is 2.89 bits per heavy atom. The number of rotatable bonds is 2. The molecule has 0 saturated carbocycles. The van der Waals surface area contributed by atoms with Gasteiger partial charge >= 0.3 is 5.97 Å². The average Bonchev–Trinajstić information content (AvgIpc) is 2.87. The van der Waals surface area contributed by atoms with Crippen LogP contribution < -0.4 is 4.90 Å². The maximum atomic E-state index is 10.9. The number of aromatic nitrogens is 2. The van der Waals surface area contributed by atoms with Crippen molar-refractivity contribution in [1.82, 2.24) is 9.97 Å². The Labute approximate surface area is 108 Å². The van der Waals surface area contributed by atoms with Gasteiger partial charge in [-0.1, -0.05) is 0 Å². The Bertz CT molecular complexity index is 575. The van der Waals surface area contributed by atoms with Gasteiger partial charge in [-0.3, -0.25) is 4.79 Å². The Morgan fingerprint density at radius 2 is 2.17 bits per heavy atom. The molecule has 0 spiro atoms. The quantitative estimate of drug-likeness (QED) is 0.897. The monoisotopic (exact) mass is 263 g/mol. The highest BCUT2D eigenvalue weighted by Crippen LogP contribution is 2.30. The highest BCUT2D eigenvalue weighted by atomic mass is 32.1. The first-order chi connectivity index (χ1) is 8.75. The summed E-state index contributed by atoms with van der Waals surface area (Å²) in [6, 6.07) is 1.98. The summed E-state index contributed by atoms with van der Waals surface area (Å²) in [6.45, 7) is 1.50. The second-order valence-corrected chi connectivity index (χ2v) is 5.35. The summed E-state index contributed by atoms with van der Waals surface area (Å²) >= 11 is 1.63. The summed E-state index contributed by atoms with van der Waals surface area (Å²) in [7, 11) is 0. The second kappa shape index (κ2) is 4.53. The number of piperidine rings is 1. The minimum atomic E-state index is -0.682. The third kappa shape index (κ3) is 1.92. The molecule has 94 valence electrons. The molecule has 2 aromatic heterocycles. The molecule has 1 aliphatic heterocycles. The van der Waals surface area contributed by atoms with Crippen LogP contribution in [0.5, 0.6) is 0 Å². The van der Waals surface area contributed by atoms with Crippen LogP contribution in [0.25, 0.3) is 10.2 Å². The maximum Gasteiger partial charge on any atom is 0.306 e. The fourth-order valence-corrected chi connectivity index (χ4v) is 3.20. The van der Waals surface area contributed by atoms with Crippen molar-refractivity contribution in [3.8, 4) is 0 Å². The van der Waals surface area contributed by atoms with Crippen molar-refractivity contribution < 1.29 is 9.90 Å². The van der Waals surface area contributed by atoms with Crippen molar-refractivity contribution in [3.05, 3.63) is 17.8 Å². The van der Waals surface area contributed by atoms with Gasteiger partial charge in [-0.15, -0.1) is 11.3 Å². The zero-order valence-electron chi connectivity index (χ0n) is 9.74. The number of nitrogens with zero attached hydrogens (tertiary/aromatic N) is 3. The minimum Gasteiger partial charge on any atom is -0.481 e. The van der Waals surface area contributed by atoms with E-state index >= 15 is 0 Å². The molecule has 0 atom stereocenters. The highest BCUT2D eigenvalue weighted by Gasteiger charge is 2.26. The minimum absolute atomic E-state index is 0.207. The number of anilines is 1. The van der Waals surface area contributed by atoms with Crippen molar-refractivity contribution in [2.24, 2.45) is 5.92 Å². The topological polar surface area (TPSA) is 66.3 Å². The van der Waals surface area contributed by atoms with Crippen LogP contribution in [0.15, 0.2) is 17.8 Å². The Balaban J connectivity index is 1.84. The molecule has 3 heterocycles. The molecule has 0 amide bonds. The fourth-order valence-electron chi connectivity index (χ4n) is 2.34. The van der Waals surface area contributed by atoms with Gasteiger partial charge in [0, 0.05) is 13.1 Å². The van der Waals surface area contributed by atoms with E-state index in [4.69, 9.17) is 5.11 Å². The zero-order valence-corrected chi connectivity index (χ0v) is 10.6. The van der Waals surface area contributed by atoms with E-state index in [-0.39, 0.29) is 5.92 Å². The van der Waals surface area contributed by atoms with Crippen molar-refractivity contribution in [3.63, 3.8) is 0 Å². The molecule has 1 saturated heterocycles. The summed E-state index contributed by atoms with van der Waals surface area (Å²) < 4.78 is 1.09. The molecule has 1 fully saturated rings. The van der Waals surface area contributed by atoms with E-state index in [1.54, 1.807) is 17.7 Å². The lowest BCUT2D eigenvalue weighted by molar-refractivity contribution is -0.142. The maximum absolute atomic E-state index is 10.9. The Hall–Kier alpha value is -1.69. The predicted molar refractivity (Wildman–Crippen MR) is 70.0 cm³/mol. The van der Waals surface area contributed by atoms with Crippen LogP contribution in [0.1, 0.15) is 12.8 Å². The van der Waals surface area contributed by atoms with Crippen LogP contribution in [0, 0.1) is 5.92 Å². The fraction of sp³-hybridized carbons (Fsp3) is 0.417. The molecule has 1 N–H and O–H groups in total. The molecule has 5 nitrogen and oxygen atoms in total. The number of fused-ring (bicyclic) bond motifs is 1. The lowest BCUT2D eigenvalue weighted by Gasteiger charge is -2.31. The number of carbonyl (C=O) groups is 1. The van der Waals surface area contributed by atoms with Crippen molar-refractivity contribution in [1.29, 1.82) is 0 Å². The first kappa shape index (κ1) is 11.4. The molecule has 2 aromatic rings. The van der Waals surface area contributed by atoms with Crippen molar-refractivity contribution in [2.45, 2.75) is 12.8 Å². The first-order valence-corrected chi connectivity index (χ1v) is 6.79. The summed E-state index contributed by atoms with van der Waals surface area (Å²) in [4.78, 5) is 21.7. The van der Waals surface area contributed by atoms with Crippen molar-refractivity contribution >= 4 is 33.3 Å². The first-order valence-electron chi connectivity index (χ1n) is 5.91. The Kier molecular flexibility index (Phi) is 2.87. The molecule has 6 heteroatoms. The molecule has 0 bridgehead atoms. The van der Waals surface area contributed by atoms with Gasteiger partial charge in [-0.25, -0.2) is 9.97 Å². The summed E-state index contributed by atoms with van der Waals surface area (Å²) in [5.74, 6) is 0.0550. The number of thiophene rings is 1. The summed E-state index contributed by atoms with van der Waals surface area (Å²) in [5.41, 5.74) is 0.963. The van der Waals surface area contributed by atoms with E-state index in [9.17, 15) is 4.79 Å². The van der Waals surface area contributed by atoms with Crippen LogP contribution in [0.2, 0.25) is 0 Å². The lowest BCUT2D eigenvalue weighted by atomic mass is 9.97. The molecule has 0 aliphatic carbocycles. The van der Waals surface area contributed by atoms with E-state index in [0.717, 1.165) is 29.1 Å². The average molecular weight is 263 g/mol. The number of hydrogen-bond donors (Lipinski definition) is 1. The largest absolute Gasteiger partial charge is 0.481 e. The van der Waals surface area contributed by atoms with Crippen LogP contribution in [-0.2, 0) is 4.79 Å². The van der Waals surface area contributed by atoms with E-state index in [2.05, 4.69) is 14.9 Å². The molecule has 3 rings (SSSR count). The molecule has 0 aromatic carbocycles. The molecular weight excluding hydrogens is 250 g/mol. The predicted octanol–water partition coefficient (Wildman–Crippen LogP) is 1.99. The Morgan fingerprint density at radius 1 is 1.39 bits per heavy atom. The number of hydrogen-bond acceptors (Lipinski definition) is 5. The van der Waals surface area contributed by atoms with Crippen LogP contribution in [-0.4, -0.2) is 34.1 Å². The third-order valence-corrected chi connectivity index (χ3v) is 4.27. The third-order valence-electron chi connectivity index (χ3n) is 3.37. The summed E-state index contributed by atoms with van der Waals surface area (Å²) in [5, 5.41) is 11.0. The molecule has 1 aliphatic rings.